The maximum atomic E-state index is 12.5. The van der Waals surface area contributed by atoms with Crippen molar-refractivity contribution in [3.63, 3.8) is 0 Å². The summed E-state index contributed by atoms with van der Waals surface area (Å²) in [6, 6.07) is 9.95. The Morgan fingerprint density at radius 2 is 1.88 bits per heavy atom. The van der Waals surface area contributed by atoms with Crippen LogP contribution >= 0.6 is 0 Å². The Labute approximate surface area is 152 Å². The maximum Gasteiger partial charge on any atom is 0.338 e. The Morgan fingerprint density at radius 3 is 2.46 bits per heavy atom. The highest BCUT2D eigenvalue weighted by Gasteiger charge is 2.20. The fraction of sp³-hybridized carbons (Fsp3) is 0.350. The van der Waals surface area contributed by atoms with Crippen LogP contribution < -0.4 is 0 Å². The minimum absolute atomic E-state index is 0.0998. The van der Waals surface area contributed by atoms with Gasteiger partial charge >= 0.3 is 5.97 Å². The van der Waals surface area contributed by atoms with Gasteiger partial charge in [0.05, 0.1) is 29.8 Å². The summed E-state index contributed by atoms with van der Waals surface area (Å²) in [6.45, 7) is 6.02. The molecule has 6 heteroatoms. The lowest BCUT2D eigenvalue weighted by atomic mass is 10.1. The molecule has 1 heterocycles. The number of benzene rings is 1. The van der Waals surface area contributed by atoms with E-state index >= 15 is 0 Å². The molecule has 0 saturated heterocycles. The van der Waals surface area contributed by atoms with Gasteiger partial charge in [0, 0.05) is 24.1 Å². The van der Waals surface area contributed by atoms with Crippen molar-refractivity contribution in [2.24, 2.45) is 0 Å². The van der Waals surface area contributed by atoms with E-state index in [-0.39, 0.29) is 18.4 Å². The monoisotopic (exact) mass is 354 g/mol. The Bertz CT molecular complexity index is 844. The molecule has 0 fully saturated rings. The van der Waals surface area contributed by atoms with Crippen molar-refractivity contribution >= 4 is 11.8 Å². The van der Waals surface area contributed by atoms with E-state index < -0.39 is 5.97 Å². The summed E-state index contributed by atoms with van der Waals surface area (Å²) in [6.07, 6.45) is 0. The molecule has 1 aromatic heterocycles. The first-order valence-electron chi connectivity index (χ1n) is 8.26. The fourth-order valence-electron chi connectivity index (χ4n) is 3.03. The van der Waals surface area contributed by atoms with Crippen molar-refractivity contribution in [3.05, 3.63) is 58.4 Å². The molecule has 1 aromatic carbocycles. The van der Waals surface area contributed by atoms with Crippen LogP contribution in [0.15, 0.2) is 30.3 Å². The Balaban J connectivity index is 2.07. The van der Waals surface area contributed by atoms with Crippen molar-refractivity contribution in [2.75, 3.05) is 20.3 Å². The highest BCUT2D eigenvalue weighted by Crippen LogP contribution is 2.21. The molecule has 0 radical (unpaired) electrons. The molecule has 0 bridgehead atoms. The smallest absolute Gasteiger partial charge is 0.338 e. The summed E-state index contributed by atoms with van der Waals surface area (Å²) in [4.78, 5) is 24.5. The lowest BCUT2D eigenvalue weighted by molar-refractivity contribution is 0.0474. The first kappa shape index (κ1) is 19.4. The molecule has 136 valence electrons. The molecule has 2 rings (SSSR count). The van der Waals surface area contributed by atoms with Crippen LogP contribution in [0.25, 0.3) is 0 Å². The van der Waals surface area contributed by atoms with Crippen molar-refractivity contribution in [1.82, 2.24) is 4.57 Å². The minimum atomic E-state index is -0.593. The zero-order chi connectivity index (χ0) is 19.3. The van der Waals surface area contributed by atoms with Crippen molar-refractivity contribution < 1.29 is 19.1 Å². The Morgan fingerprint density at radius 1 is 1.23 bits per heavy atom. The highest BCUT2D eigenvalue weighted by atomic mass is 16.5. The zero-order valence-electron chi connectivity index (χ0n) is 15.4. The van der Waals surface area contributed by atoms with Crippen molar-refractivity contribution in [3.8, 4) is 6.07 Å². The largest absolute Gasteiger partial charge is 0.454 e. The van der Waals surface area contributed by atoms with E-state index in [0.717, 1.165) is 11.4 Å². The predicted octanol–water partition coefficient (Wildman–Crippen LogP) is 3.22. The van der Waals surface area contributed by atoms with Crippen LogP contribution in [0.1, 0.15) is 50.6 Å². The number of ether oxygens (including phenoxy) is 2. The molecule has 0 saturated carbocycles. The molecule has 0 aliphatic carbocycles. The van der Waals surface area contributed by atoms with E-state index in [1.165, 1.54) is 24.3 Å². The van der Waals surface area contributed by atoms with Gasteiger partial charge in [0.15, 0.2) is 6.61 Å². The number of Topliss-reactive ketones (excluding diaryl/α,β-unsaturated/α-hetero) is 1. The zero-order valence-corrected chi connectivity index (χ0v) is 15.4. The molecule has 1 unspecified atom stereocenters. The molecule has 26 heavy (non-hydrogen) atoms. The van der Waals surface area contributed by atoms with E-state index in [0.29, 0.717) is 23.3 Å². The van der Waals surface area contributed by atoms with Crippen LogP contribution in [0.3, 0.4) is 0 Å². The van der Waals surface area contributed by atoms with E-state index in [2.05, 4.69) is 0 Å². The predicted molar refractivity (Wildman–Crippen MR) is 96.3 cm³/mol. The third-order valence-corrected chi connectivity index (χ3v) is 4.22. The van der Waals surface area contributed by atoms with Crippen LogP contribution in [0.5, 0.6) is 0 Å². The van der Waals surface area contributed by atoms with Gasteiger partial charge in [0.25, 0.3) is 0 Å². The molecular weight excluding hydrogens is 332 g/mol. The highest BCUT2D eigenvalue weighted by molar-refractivity contribution is 6.00. The SMILES string of the molecule is COCC(C)n1c(C)cc(C(=O)COC(=O)c2ccc(C#N)cc2)c1C. The van der Waals surface area contributed by atoms with Crippen LogP contribution in [0.2, 0.25) is 0 Å². The summed E-state index contributed by atoms with van der Waals surface area (Å²) in [7, 11) is 1.64. The van der Waals surface area contributed by atoms with Crippen LogP contribution in [0.4, 0.5) is 0 Å². The van der Waals surface area contributed by atoms with Gasteiger partial charge in [-0.2, -0.15) is 5.26 Å². The molecule has 0 spiro atoms. The number of hydrogen-bond donors (Lipinski definition) is 0. The number of carbonyl (C=O) groups is 2. The summed E-state index contributed by atoms with van der Waals surface area (Å²) in [5, 5.41) is 8.77. The lowest BCUT2D eigenvalue weighted by Gasteiger charge is -2.17. The van der Waals surface area contributed by atoms with Crippen LogP contribution in [-0.2, 0) is 9.47 Å². The van der Waals surface area contributed by atoms with Gasteiger partial charge in [-0.1, -0.05) is 0 Å². The number of nitrogens with zero attached hydrogens (tertiary/aromatic N) is 2. The third-order valence-electron chi connectivity index (χ3n) is 4.22. The number of aryl methyl sites for hydroxylation is 1. The third kappa shape index (κ3) is 4.19. The average molecular weight is 354 g/mol. The number of hydrogen-bond acceptors (Lipinski definition) is 5. The first-order chi connectivity index (χ1) is 12.4. The van der Waals surface area contributed by atoms with Gasteiger partial charge in [0.1, 0.15) is 0 Å². The molecule has 2 aromatic rings. The number of esters is 1. The molecule has 1 atom stereocenters. The van der Waals surface area contributed by atoms with Gasteiger partial charge in [-0.15, -0.1) is 0 Å². The van der Waals surface area contributed by atoms with Gasteiger partial charge in [0.2, 0.25) is 5.78 Å². The average Bonchev–Trinajstić information content (AvgIpc) is 2.94. The van der Waals surface area contributed by atoms with Crippen LogP contribution in [-0.4, -0.2) is 36.6 Å². The standard InChI is InChI=1S/C20H22N2O4/c1-13-9-18(15(3)22(13)14(2)11-25-4)19(23)12-26-20(24)17-7-5-16(10-21)6-8-17/h5-9,14H,11-12H2,1-4H3. The van der Waals surface area contributed by atoms with Crippen molar-refractivity contribution in [2.45, 2.75) is 26.8 Å². The molecule has 6 nitrogen and oxygen atoms in total. The summed E-state index contributed by atoms with van der Waals surface area (Å²) in [5.74, 6) is -0.847. The second-order valence-electron chi connectivity index (χ2n) is 6.15. The van der Waals surface area contributed by atoms with Gasteiger partial charge < -0.3 is 14.0 Å². The second kappa shape index (κ2) is 8.45. The van der Waals surface area contributed by atoms with Crippen LogP contribution in [0, 0.1) is 25.2 Å². The number of nitriles is 1. The summed E-state index contributed by atoms with van der Waals surface area (Å²) in [5.41, 5.74) is 3.07. The number of ketones is 1. The van der Waals surface area contributed by atoms with Crippen molar-refractivity contribution in [1.29, 1.82) is 5.26 Å². The lowest BCUT2D eigenvalue weighted by Crippen LogP contribution is -2.17. The number of rotatable bonds is 7. The first-order valence-corrected chi connectivity index (χ1v) is 8.26. The van der Waals surface area contributed by atoms with Gasteiger partial charge in [-0.25, -0.2) is 4.79 Å². The number of methoxy groups -OCH3 is 1. The Kier molecular flexibility index (Phi) is 6.31. The summed E-state index contributed by atoms with van der Waals surface area (Å²) < 4.78 is 12.4. The fourth-order valence-corrected chi connectivity index (χ4v) is 3.03. The number of carbonyl (C=O) groups excluding carboxylic acids is 2. The number of aromatic nitrogens is 1. The normalized spacial score (nSPS) is 11.7. The molecule has 0 aliphatic rings. The van der Waals surface area contributed by atoms with Gasteiger partial charge in [-0.3, -0.25) is 4.79 Å². The van der Waals surface area contributed by atoms with Gasteiger partial charge in [-0.05, 0) is 51.1 Å². The Hall–Kier alpha value is -2.91. The molecule has 0 N–H and O–H groups in total. The minimum Gasteiger partial charge on any atom is -0.454 e. The van der Waals surface area contributed by atoms with E-state index in [1.807, 2.05) is 31.4 Å². The molecular formula is C20H22N2O4. The topological polar surface area (TPSA) is 81.3 Å². The summed E-state index contributed by atoms with van der Waals surface area (Å²) >= 11 is 0. The quantitative estimate of drug-likeness (QED) is 0.563. The molecule has 0 amide bonds. The van der Waals surface area contributed by atoms with E-state index in [4.69, 9.17) is 14.7 Å². The maximum absolute atomic E-state index is 12.5. The molecule has 0 aliphatic heterocycles. The second-order valence-corrected chi connectivity index (χ2v) is 6.15. The van der Waals surface area contributed by atoms with E-state index in [1.54, 1.807) is 13.2 Å². The van der Waals surface area contributed by atoms with E-state index in [9.17, 15) is 9.59 Å².